The summed E-state index contributed by atoms with van der Waals surface area (Å²) in [5.74, 6) is 0.358. The lowest BCUT2D eigenvalue weighted by Gasteiger charge is -2.18. The molecule has 0 N–H and O–H groups in total. The summed E-state index contributed by atoms with van der Waals surface area (Å²) in [5.41, 5.74) is 2.27. The Labute approximate surface area is 131 Å². The van der Waals surface area contributed by atoms with Gasteiger partial charge in [0.15, 0.2) is 6.10 Å². The zero-order valence-corrected chi connectivity index (χ0v) is 13.3. The average molecular weight is 298 g/mol. The van der Waals surface area contributed by atoms with Crippen LogP contribution in [-0.2, 0) is 9.53 Å². The van der Waals surface area contributed by atoms with Crippen LogP contribution >= 0.6 is 0 Å². The Morgan fingerprint density at radius 3 is 2.09 bits per heavy atom. The summed E-state index contributed by atoms with van der Waals surface area (Å²) in [5, 5.41) is 0. The first kappa shape index (κ1) is 16.1. The molecule has 0 heterocycles. The van der Waals surface area contributed by atoms with E-state index in [9.17, 15) is 4.79 Å². The van der Waals surface area contributed by atoms with Crippen LogP contribution in [0.1, 0.15) is 27.2 Å². The molecule has 0 aromatic heterocycles. The molecule has 0 amide bonds. The van der Waals surface area contributed by atoms with Crippen molar-refractivity contribution in [3.63, 3.8) is 0 Å². The Morgan fingerprint density at radius 1 is 0.955 bits per heavy atom. The fourth-order valence-corrected chi connectivity index (χ4v) is 2.13. The predicted molar refractivity (Wildman–Crippen MR) is 87.8 cm³/mol. The van der Waals surface area contributed by atoms with Crippen molar-refractivity contribution < 1.29 is 14.3 Å². The quantitative estimate of drug-likeness (QED) is 0.738. The van der Waals surface area contributed by atoms with E-state index in [0.29, 0.717) is 12.2 Å². The van der Waals surface area contributed by atoms with Crippen molar-refractivity contribution in [1.82, 2.24) is 0 Å². The average Bonchev–Trinajstić information content (AvgIpc) is 2.53. The second-order valence-electron chi connectivity index (χ2n) is 5.39. The third kappa shape index (κ3) is 4.35. The lowest BCUT2D eigenvalue weighted by molar-refractivity contribution is -0.155. The Bertz CT molecular complexity index is 588. The van der Waals surface area contributed by atoms with E-state index < -0.39 is 6.10 Å². The Hall–Kier alpha value is -2.29. The van der Waals surface area contributed by atoms with E-state index in [1.54, 1.807) is 0 Å². The number of benzene rings is 2. The molecule has 0 radical (unpaired) electrons. The van der Waals surface area contributed by atoms with E-state index in [2.05, 4.69) is 12.1 Å². The van der Waals surface area contributed by atoms with Gasteiger partial charge in [-0.2, -0.15) is 0 Å². The van der Waals surface area contributed by atoms with Gasteiger partial charge >= 0.3 is 5.97 Å². The Balaban J connectivity index is 2.05. The summed E-state index contributed by atoms with van der Waals surface area (Å²) in [6.45, 7) is 5.57. The summed E-state index contributed by atoms with van der Waals surface area (Å²) in [6, 6.07) is 17.9. The fraction of sp³-hybridized carbons (Fsp3) is 0.316. The standard InChI is InChI=1S/C19H22O3/c1-4-18(19(20)21-14(2)3)22-17-12-10-16(11-13-17)15-8-6-5-7-9-15/h5-14,18H,4H2,1-3H3/t18-/m0/s1. The van der Waals surface area contributed by atoms with E-state index in [1.807, 2.05) is 63.2 Å². The van der Waals surface area contributed by atoms with Crippen LogP contribution in [0.5, 0.6) is 5.75 Å². The van der Waals surface area contributed by atoms with Crippen molar-refractivity contribution in [2.75, 3.05) is 0 Å². The van der Waals surface area contributed by atoms with E-state index >= 15 is 0 Å². The first-order valence-electron chi connectivity index (χ1n) is 7.62. The van der Waals surface area contributed by atoms with E-state index in [1.165, 1.54) is 0 Å². The van der Waals surface area contributed by atoms with Crippen LogP contribution in [-0.4, -0.2) is 18.2 Å². The molecule has 2 aromatic carbocycles. The van der Waals surface area contributed by atoms with E-state index in [-0.39, 0.29) is 12.1 Å². The maximum atomic E-state index is 11.9. The van der Waals surface area contributed by atoms with Gasteiger partial charge in [-0.3, -0.25) is 0 Å². The van der Waals surface area contributed by atoms with Crippen molar-refractivity contribution in [3.05, 3.63) is 54.6 Å². The summed E-state index contributed by atoms with van der Waals surface area (Å²) in [7, 11) is 0. The molecule has 116 valence electrons. The molecule has 2 rings (SSSR count). The maximum absolute atomic E-state index is 11.9. The topological polar surface area (TPSA) is 35.5 Å². The molecule has 0 fully saturated rings. The summed E-state index contributed by atoms with van der Waals surface area (Å²) >= 11 is 0. The predicted octanol–water partition coefficient (Wildman–Crippen LogP) is 4.46. The van der Waals surface area contributed by atoms with Gasteiger partial charge < -0.3 is 9.47 Å². The molecule has 0 spiro atoms. The number of hydrogen-bond acceptors (Lipinski definition) is 3. The molecule has 0 bridgehead atoms. The van der Waals surface area contributed by atoms with Crippen molar-refractivity contribution in [2.24, 2.45) is 0 Å². The van der Waals surface area contributed by atoms with Crippen molar-refractivity contribution in [3.8, 4) is 16.9 Å². The van der Waals surface area contributed by atoms with Crippen LogP contribution < -0.4 is 4.74 Å². The fourth-order valence-electron chi connectivity index (χ4n) is 2.13. The van der Waals surface area contributed by atoms with Gasteiger partial charge in [-0.1, -0.05) is 49.4 Å². The van der Waals surface area contributed by atoms with Crippen molar-refractivity contribution >= 4 is 5.97 Å². The van der Waals surface area contributed by atoms with Crippen LogP contribution in [0.15, 0.2) is 54.6 Å². The highest BCUT2D eigenvalue weighted by molar-refractivity contribution is 5.75. The molecule has 0 unspecified atom stereocenters. The molecule has 3 nitrogen and oxygen atoms in total. The zero-order chi connectivity index (χ0) is 15.9. The van der Waals surface area contributed by atoms with Gasteiger partial charge in [-0.25, -0.2) is 4.79 Å². The monoisotopic (exact) mass is 298 g/mol. The van der Waals surface area contributed by atoms with Crippen LogP contribution in [0.3, 0.4) is 0 Å². The van der Waals surface area contributed by atoms with E-state index in [4.69, 9.17) is 9.47 Å². The van der Waals surface area contributed by atoms with Crippen LogP contribution in [0.4, 0.5) is 0 Å². The van der Waals surface area contributed by atoms with Crippen LogP contribution in [0, 0.1) is 0 Å². The molecule has 1 atom stereocenters. The van der Waals surface area contributed by atoms with Gasteiger partial charge in [0, 0.05) is 0 Å². The third-order valence-electron chi connectivity index (χ3n) is 3.23. The molecule has 22 heavy (non-hydrogen) atoms. The lowest BCUT2D eigenvalue weighted by atomic mass is 10.1. The first-order valence-corrected chi connectivity index (χ1v) is 7.62. The van der Waals surface area contributed by atoms with Crippen LogP contribution in [0.25, 0.3) is 11.1 Å². The molecule has 3 heteroatoms. The highest BCUT2D eigenvalue weighted by Crippen LogP contribution is 2.23. The number of esters is 1. The largest absolute Gasteiger partial charge is 0.479 e. The first-order chi connectivity index (χ1) is 10.6. The minimum Gasteiger partial charge on any atom is -0.479 e. The van der Waals surface area contributed by atoms with Gasteiger partial charge in [0.05, 0.1) is 6.10 Å². The summed E-state index contributed by atoms with van der Waals surface area (Å²) in [4.78, 5) is 11.9. The molecular weight excluding hydrogens is 276 g/mol. The van der Waals surface area contributed by atoms with E-state index in [0.717, 1.165) is 11.1 Å². The van der Waals surface area contributed by atoms with Gasteiger partial charge in [-0.15, -0.1) is 0 Å². The molecule has 0 saturated heterocycles. The normalized spacial score (nSPS) is 12.0. The summed E-state index contributed by atoms with van der Waals surface area (Å²) in [6.07, 6.45) is -0.123. The summed E-state index contributed by atoms with van der Waals surface area (Å²) < 4.78 is 10.9. The van der Waals surface area contributed by atoms with Crippen molar-refractivity contribution in [1.29, 1.82) is 0 Å². The maximum Gasteiger partial charge on any atom is 0.347 e. The minimum absolute atomic E-state index is 0.134. The second kappa shape index (κ2) is 7.64. The molecule has 2 aromatic rings. The Kier molecular flexibility index (Phi) is 5.59. The van der Waals surface area contributed by atoms with Gasteiger partial charge in [-0.05, 0) is 43.5 Å². The van der Waals surface area contributed by atoms with Gasteiger partial charge in [0.2, 0.25) is 0 Å². The lowest BCUT2D eigenvalue weighted by Crippen LogP contribution is -2.30. The zero-order valence-electron chi connectivity index (χ0n) is 13.3. The van der Waals surface area contributed by atoms with Gasteiger partial charge in [0.1, 0.15) is 5.75 Å². The number of carbonyl (C=O) groups is 1. The minimum atomic E-state index is -0.565. The molecule has 0 aliphatic carbocycles. The Morgan fingerprint density at radius 2 is 1.55 bits per heavy atom. The number of hydrogen-bond donors (Lipinski definition) is 0. The molecule has 0 aliphatic heterocycles. The molecule has 0 saturated carbocycles. The smallest absolute Gasteiger partial charge is 0.347 e. The SMILES string of the molecule is CC[C@H](Oc1ccc(-c2ccccc2)cc1)C(=O)OC(C)C. The van der Waals surface area contributed by atoms with Gasteiger partial charge in [0.25, 0.3) is 0 Å². The molecule has 0 aliphatic rings. The highest BCUT2D eigenvalue weighted by Gasteiger charge is 2.21. The number of rotatable bonds is 6. The second-order valence-corrected chi connectivity index (χ2v) is 5.39. The van der Waals surface area contributed by atoms with Crippen LogP contribution in [0.2, 0.25) is 0 Å². The highest BCUT2D eigenvalue weighted by atomic mass is 16.6. The molecular formula is C19H22O3. The number of ether oxygens (including phenoxy) is 2. The number of carbonyl (C=O) groups excluding carboxylic acids is 1. The third-order valence-corrected chi connectivity index (χ3v) is 3.23. The van der Waals surface area contributed by atoms with Crippen molar-refractivity contribution in [2.45, 2.75) is 39.4 Å².